The first-order valence-electron chi connectivity index (χ1n) is 9.14. The summed E-state index contributed by atoms with van der Waals surface area (Å²) in [6.45, 7) is 0. The van der Waals surface area contributed by atoms with Crippen molar-refractivity contribution in [1.29, 1.82) is 0 Å². The molecule has 0 N–H and O–H groups in total. The monoisotopic (exact) mass is 418 g/mol. The van der Waals surface area contributed by atoms with Gasteiger partial charge in [-0.2, -0.15) is 0 Å². The summed E-state index contributed by atoms with van der Waals surface area (Å²) in [4.78, 5) is 0. The Balaban J connectivity index is 0.000000465. The first-order valence-corrected chi connectivity index (χ1v) is 10.8. The zero-order valence-electron chi connectivity index (χ0n) is 14.8. The third kappa shape index (κ3) is 7.88. The molecule has 0 bridgehead atoms. The minimum absolute atomic E-state index is 0.0580. The summed E-state index contributed by atoms with van der Waals surface area (Å²) in [6, 6.07) is 6.91. The van der Waals surface area contributed by atoms with Crippen molar-refractivity contribution in [2.45, 2.75) is 69.0 Å². The molecule has 27 heavy (non-hydrogen) atoms. The maximum atomic E-state index is 12.7. The van der Waals surface area contributed by atoms with Gasteiger partial charge in [0.2, 0.25) is 0 Å². The number of rotatable bonds is 4. The summed E-state index contributed by atoms with van der Waals surface area (Å²) < 4.78 is 81.5. The zero-order chi connectivity index (χ0) is 20.1. The highest BCUT2D eigenvalue weighted by Crippen LogP contribution is 2.57. The second-order valence-corrected chi connectivity index (χ2v) is 10.0. The number of alkyl halides is 3. The van der Waals surface area contributed by atoms with Crippen LogP contribution in [0.4, 0.5) is 30.4 Å². The van der Waals surface area contributed by atoms with E-state index in [1.54, 1.807) is 6.07 Å². The van der Waals surface area contributed by atoms with Crippen molar-refractivity contribution in [2.75, 3.05) is 0 Å². The average Bonchev–Trinajstić information content (AvgIpc) is 3.20. The molecule has 1 nitrogen and oxygen atoms in total. The van der Waals surface area contributed by atoms with Gasteiger partial charge in [0.05, 0.1) is 11.3 Å². The van der Waals surface area contributed by atoms with Gasteiger partial charge in [0.15, 0.2) is 5.75 Å². The number of benzene rings is 1. The van der Waals surface area contributed by atoms with E-state index < -0.39 is 21.5 Å². The van der Waals surface area contributed by atoms with Gasteiger partial charge < -0.3 is 22.0 Å². The van der Waals surface area contributed by atoms with Crippen LogP contribution in [0.2, 0.25) is 0 Å². The van der Waals surface area contributed by atoms with Crippen LogP contribution in [0.15, 0.2) is 24.3 Å². The average molecular weight is 418 g/mol. The third-order valence-electron chi connectivity index (χ3n) is 5.01. The molecule has 1 aromatic rings. The van der Waals surface area contributed by atoms with E-state index in [1.165, 1.54) is 57.4 Å². The number of para-hydroxylation sites is 1. The van der Waals surface area contributed by atoms with E-state index in [9.17, 15) is 30.4 Å². The third-order valence-corrected chi connectivity index (χ3v) is 8.96. The topological polar surface area (TPSA) is 9.23 Å². The maximum Gasteiger partial charge on any atom is 0.673 e. The largest absolute Gasteiger partial charge is 0.673 e. The molecule has 0 aliphatic heterocycles. The predicted octanol–water partition coefficient (Wildman–Crippen LogP) is 6.61. The second kappa shape index (κ2) is 9.48. The van der Waals surface area contributed by atoms with Gasteiger partial charge in [-0.1, -0.05) is 12.1 Å². The molecule has 2 aliphatic rings. The lowest BCUT2D eigenvalue weighted by Crippen LogP contribution is -2.25. The molecule has 2 saturated carbocycles. The molecule has 2 fully saturated rings. The highest BCUT2D eigenvalue weighted by molar-refractivity contribution is 7.67. The lowest BCUT2D eigenvalue weighted by molar-refractivity contribution is -0.274. The van der Waals surface area contributed by atoms with Crippen LogP contribution in [0, 0.1) is 0 Å². The van der Waals surface area contributed by atoms with Gasteiger partial charge in [-0.15, -0.1) is 13.2 Å². The van der Waals surface area contributed by atoms with Gasteiger partial charge in [0.1, 0.15) is 5.30 Å². The van der Waals surface area contributed by atoms with Gasteiger partial charge in [0, 0.05) is 7.92 Å². The predicted molar refractivity (Wildman–Crippen MR) is 95.8 cm³/mol. The number of hydrogen-bond donors (Lipinski definition) is 0. The van der Waals surface area contributed by atoms with E-state index in [-0.39, 0.29) is 5.75 Å². The molecule has 2 aliphatic carbocycles. The molecule has 3 rings (SSSR count). The van der Waals surface area contributed by atoms with Crippen molar-refractivity contribution in [2.24, 2.45) is 0 Å². The Hall–Kier alpha value is -0.975. The fourth-order valence-electron chi connectivity index (χ4n) is 4.17. The van der Waals surface area contributed by atoms with Gasteiger partial charge in [-0.05, 0) is 63.5 Å². The molecule has 1 aromatic carbocycles. The summed E-state index contributed by atoms with van der Waals surface area (Å²) in [6.07, 6.45) is 5.06. The van der Waals surface area contributed by atoms with Crippen molar-refractivity contribution in [1.82, 2.24) is 0 Å². The van der Waals surface area contributed by atoms with Crippen LogP contribution in [0.3, 0.4) is 0 Å². The van der Waals surface area contributed by atoms with Crippen molar-refractivity contribution in [3.63, 3.8) is 0 Å². The fourth-order valence-corrected chi connectivity index (χ4v) is 8.48. The van der Waals surface area contributed by atoms with Crippen LogP contribution in [0.5, 0.6) is 5.75 Å². The van der Waals surface area contributed by atoms with E-state index in [1.807, 2.05) is 12.1 Å². The minimum Gasteiger partial charge on any atom is -0.418 e. The Morgan fingerprint density at radius 3 is 1.63 bits per heavy atom. The summed E-state index contributed by atoms with van der Waals surface area (Å²) in [5.74, 6) is 0.0580. The summed E-state index contributed by atoms with van der Waals surface area (Å²) in [5.41, 5.74) is 1.23. The van der Waals surface area contributed by atoms with Crippen molar-refractivity contribution < 1.29 is 35.2 Å². The zero-order valence-corrected chi connectivity index (χ0v) is 15.8. The molecule has 0 spiro atoms. The molecule has 0 heterocycles. The lowest BCUT2D eigenvalue weighted by atomic mass is 10.3. The highest BCUT2D eigenvalue weighted by atomic mass is 31.1. The van der Waals surface area contributed by atoms with Crippen LogP contribution in [0.1, 0.15) is 51.4 Å². The van der Waals surface area contributed by atoms with E-state index in [0.29, 0.717) is 11.3 Å². The molecular formula is C17H23BF7OP. The molecule has 0 amide bonds. The van der Waals surface area contributed by atoms with Gasteiger partial charge in [0.25, 0.3) is 0 Å². The van der Waals surface area contributed by atoms with E-state index in [0.717, 1.165) is 5.30 Å². The molecular weight excluding hydrogens is 395 g/mol. The highest BCUT2D eigenvalue weighted by Gasteiger charge is 2.43. The van der Waals surface area contributed by atoms with Gasteiger partial charge >= 0.3 is 13.6 Å². The smallest absolute Gasteiger partial charge is 0.418 e. The number of halogens is 7. The van der Waals surface area contributed by atoms with E-state index in [4.69, 9.17) is 0 Å². The van der Waals surface area contributed by atoms with Crippen LogP contribution in [-0.4, -0.2) is 24.9 Å². The molecule has 0 unspecified atom stereocenters. The van der Waals surface area contributed by atoms with Gasteiger partial charge in [-0.25, -0.2) is 0 Å². The minimum atomic E-state index is -6.00. The SMILES string of the molecule is FC(F)(F)Oc1ccccc1[PH+](C1CCCC1)C1CCCC1.F[B-](F)(F)F. The van der Waals surface area contributed by atoms with Crippen LogP contribution < -0.4 is 10.0 Å². The second-order valence-electron chi connectivity index (χ2n) is 6.96. The molecule has 154 valence electrons. The standard InChI is InChI=1S/C17H22F3OP.BF4/c18-17(19,20)21-15-11-5-6-12-16(15)22(13-7-1-2-8-13)14-9-3-4-10-14;2-1(3,4)5/h5-6,11-14H,1-4,7-10H2;/q;-1/p+1. The van der Waals surface area contributed by atoms with E-state index in [2.05, 4.69) is 4.74 Å². The molecule has 0 aromatic heterocycles. The maximum absolute atomic E-state index is 12.7. The number of ether oxygens (including phenoxy) is 1. The van der Waals surface area contributed by atoms with Crippen LogP contribution in [-0.2, 0) is 0 Å². The summed E-state index contributed by atoms with van der Waals surface area (Å²) >= 11 is 0. The molecule has 0 atom stereocenters. The van der Waals surface area contributed by atoms with Crippen molar-refractivity contribution >= 4 is 20.5 Å². The first-order chi connectivity index (χ1) is 12.5. The van der Waals surface area contributed by atoms with Crippen LogP contribution >= 0.6 is 7.92 Å². The quantitative estimate of drug-likeness (QED) is 0.304. The summed E-state index contributed by atoms with van der Waals surface area (Å²) in [7, 11) is -7.00. The van der Waals surface area contributed by atoms with Gasteiger partial charge in [-0.3, -0.25) is 0 Å². The Bertz CT molecular complexity index is 559. The first kappa shape index (κ1) is 22.3. The molecule has 0 radical (unpaired) electrons. The van der Waals surface area contributed by atoms with Crippen molar-refractivity contribution in [3.8, 4) is 5.75 Å². The van der Waals surface area contributed by atoms with Crippen molar-refractivity contribution in [3.05, 3.63) is 24.3 Å². The van der Waals surface area contributed by atoms with E-state index >= 15 is 0 Å². The lowest BCUT2D eigenvalue weighted by Gasteiger charge is -2.24. The summed E-state index contributed by atoms with van der Waals surface area (Å²) in [5, 5.41) is 0.878. The number of hydrogen-bond acceptors (Lipinski definition) is 1. The Labute approximate surface area is 155 Å². The Morgan fingerprint density at radius 1 is 0.815 bits per heavy atom. The molecule has 0 saturated heterocycles. The molecule has 10 heteroatoms. The normalized spacial score (nSPS) is 19.3. The Morgan fingerprint density at radius 2 is 1.22 bits per heavy atom. The van der Waals surface area contributed by atoms with Crippen LogP contribution in [0.25, 0.3) is 0 Å². The fraction of sp³-hybridized carbons (Fsp3) is 0.647. The Kier molecular flexibility index (Phi) is 7.84.